The Morgan fingerprint density at radius 2 is 2.16 bits per heavy atom. The first-order valence-electron chi connectivity index (χ1n) is 5.59. The number of fused-ring (bicyclic) bond motifs is 1. The first-order chi connectivity index (χ1) is 8.90. The standard InChI is InChI=1S/C12H13N3O4/c1-15(11(17)10(13)12(18)19)7-2-3-8-6(4-7)5-9(16)14-8/h2-4,10H,5,13H2,1H3,(H,14,16)(H,18,19). The van der Waals surface area contributed by atoms with Crippen molar-refractivity contribution in [1.82, 2.24) is 0 Å². The molecule has 1 aliphatic heterocycles. The predicted octanol–water partition coefficient (Wildman–Crippen LogP) is -0.444. The van der Waals surface area contributed by atoms with Gasteiger partial charge in [-0.15, -0.1) is 0 Å². The van der Waals surface area contributed by atoms with Gasteiger partial charge in [0.05, 0.1) is 6.42 Å². The molecule has 0 radical (unpaired) electrons. The SMILES string of the molecule is CN(C(=O)C(N)C(=O)O)c1ccc2c(c1)CC(=O)N2. The molecule has 4 N–H and O–H groups in total. The van der Waals surface area contributed by atoms with Gasteiger partial charge in [0, 0.05) is 18.4 Å². The summed E-state index contributed by atoms with van der Waals surface area (Å²) in [5.41, 5.74) is 7.25. The maximum Gasteiger partial charge on any atom is 0.330 e. The van der Waals surface area contributed by atoms with Crippen molar-refractivity contribution in [3.8, 4) is 0 Å². The third-order valence-corrected chi connectivity index (χ3v) is 2.96. The largest absolute Gasteiger partial charge is 0.480 e. The Hall–Kier alpha value is -2.41. The Bertz CT molecular complexity index is 570. The molecule has 2 amide bonds. The number of carbonyl (C=O) groups is 3. The molecule has 1 aliphatic rings. The first kappa shape index (κ1) is 13.0. The summed E-state index contributed by atoms with van der Waals surface area (Å²) in [5, 5.41) is 11.4. The third kappa shape index (κ3) is 2.41. The molecule has 0 fully saturated rings. The maximum atomic E-state index is 11.8. The summed E-state index contributed by atoms with van der Waals surface area (Å²) in [6, 6.07) is 3.36. The van der Waals surface area contributed by atoms with Crippen LogP contribution in [0.2, 0.25) is 0 Å². The summed E-state index contributed by atoms with van der Waals surface area (Å²) in [7, 11) is 1.44. The van der Waals surface area contributed by atoms with Crippen LogP contribution in [0.15, 0.2) is 18.2 Å². The number of amides is 2. The lowest BCUT2D eigenvalue weighted by Crippen LogP contribution is -2.46. The number of likely N-dealkylation sites (N-methyl/N-ethyl adjacent to an activating group) is 1. The molecule has 19 heavy (non-hydrogen) atoms. The van der Waals surface area contributed by atoms with Gasteiger partial charge < -0.3 is 21.1 Å². The number of nitrogens with two attached hydrogens (primary N) is 1. The fourth-order valence-electron chi connectivity index (χ4n) is 1.87. The van der Waals surface area contributed by atoms with Gasteiger partial charge in [0.1, 0.15) is 0 Å². The highest BCUT2D eigenvalue weighted by atomic mass is 16.4. The molecule has 0 saturated heterocycles. The molecule has 0 bridgehead atoms. The Morgan fingerprint density at radius 3 is 2.79 bits per heavy atom. The number of nitrogens with one attached hydrogen (secondary N) is 1. The summed E-state index contributed by atoms with van der Waals surface area (Å²) in [5.74, 6) is -2.21. The number of rotatable bonds is 3. The fraction of sp³-hybridized carbons (Fsp3) is 0.250. The molecule has 7 heteroatoms. The minimum absolute atomic E-state index is 0.108. The Kier molecular flexibility index (Phi) is 3.22. The first-order valence-corrected chi connectivity index (χ1v) is 5.59. The van der Waals surface area contributed by atoms with E-state index in [2.05, 4.69) is 5.32 Å². The lowest BCUT2D eigenvalue weighted by atomic mass is 10.1. The molecule has 0 saturated carbocycles. The number of hydrogen-bond acceptors (Lipinski definition) is 4. The summed E-state index contributed by atoms with van der Waals surface area (Å²) in [6.45, 7) is 0. The van der Waals surface area contributed by atoms with E-state index in [0.29, 0.717) is 11.4 Å². The third-order valence-electron chi connectivity index (χ3n) is 2.96. The maximum absolute atomic E-state index is 11.8. The van der Waals surface area contributed by atoms with E-state index < -0.39 is 17.9 Å². The van der Waals surface area contributed by atoms with Crippen LogP contribution in [0.4, 0.5) is 11.4 Å². The van der Waals surface area contributed by atoms with Crippen LogP contribution in [0, 0.1) is 0 Å². The van der Waals surface area contributed by atoms with Crippen LogP contribution in [0.5, 0.6) is 0 Å². The summed E-state index contributed by atoms with van der Waals surface area (Å²) in [4.78, 5) is 34.9. The smallest absolute Gasteiger partial charge is 0.330 e. The average Bonchev–Trinajstić information content (AvgIpc) is 2.74. The number of carboxylic acid groups (broad SMARTS) is 1. The zero-order valence-corrected chi connectivity index (χ0v) is 10.2. The molecule has 2 rings (SSSR count). The highest BCUT2D eigenvalue weighted by molar-refractivity contribution is 6.09. The molecule has 1 heterocycles. The van der Waals surface area contributed by atoms with Crippen molar-refractivity contribution in [3.63, 3.8) is 0 Å². The lowest BCUT2D eigenvalue weighted by molar-refractivity contribution is -0.142. The molecule has 7 nitrogen and oxygen atoms in total. The molecule has 0 aromatic heterocycles. The average molecular weight is 263 g/mol. The van der Waals surface area contributed by atoms with Gasteiger partial charge in [0.2, 0.25) is 5.91 Å². The van der Waals surface area contributed by atoms with E-state index in [1.165, 1.54) is 11.9 Å². The van der Waals surface area contributed by atoms with Crippen LogP contribution in [0.3, 0.4) is 0 Å². The van der Waals surface area contributed by atoms with Crippen molar-refractivity contribution in [1.29, 1.82) is 0 Å². The molecule has 1 aromatic carbocycles. The molecule has 0 spiro atoms. The second-order valence-electron chi connectivity index (χ2n) is 4.28. The highest BCUT2D eigenvalue weighted by Crippen LogP contribution is 2.27. The Labute approximate surface area is 109 Å². The molecule has 1 unspecified atom stereocenters. The second kappa shape index (κ2) is 4.69. The number of anilines is 2. The van der Waals surface area contributed by atoms with Crippen LogP contribution in [-0.2, 0) is 20.8 Å². The molecule has 100 valence electrons. The van der Waals surface area contributed by atoms with E-state index in [9.17, 15) is 14.4 Å². The topological polar surface area (TPSA) is 113 Å². The van der Waals surface area contributed by atoms with Crippen LogP contribution >= 0.6 is 0 Å². The number of hydrogen-bond donors (Lipinski definition) is 3. The van der Waals surface area contributed by atoms with Crippen molar-refractivity contribution in [2.75, 3.05) is 17.3 Å². The Balaban J connectivity index is 2.23. The van der Waals surface area contributed by atoms with Crippen molar-refractivity contribution in [2.45, 2.75) is 12.5 Å². The van der Waals surface area contributed by atoms with Crippen molar-refractivity contribution >= 4 is 29.2 Å². The van der Waals surface area contributed by atoms with E-state index in [4.69, 9.17) is 10.8 Å². The van der Waals surface area contributed by atoms with E-state index in [-0.39, 0.29) is 12.3 Å². The number of nitrogens with zero attached hydrogens (tertiary/aromatic N) is 1. The summed E-state index contributed by atoms with van der Waals surface area (Å²) < 4.78 is 0. The predicted molar refractivity (Wildman–Crippen MR) is 67.8 cm³/mol. The normalized spacial score (nSPS) is 14.5. The second-order valence-corrected chi connectivity index (χ2v) is 4.28. The van der Waals surface area contributed by atoms with E-state index in [1.54, 1.807) is 18.2 Å². The minimum atomic E-state index is -1.60. The van der Waals surface area contributed by atoms with Gasteiger partial charge in [0.15, 0.2) is 6.04 Å². The number of carboxylic acids is 1. The Morgan fingerprint density at radius 1 is 1.47 bits per heavy atom. The van der Waals surface area contributed by atoms with Crippen molar-refractivity contribution in [2.24, 2.45) is 5.73 Å². The molecular weight excluding hydrogens is 250 g/mol. The van der Waals surface area contributed by atoms with Gasteiger partial charge in [-0.25, -0.2) is 4.79 Å². The van der Waals surface area contributed by atoms with Crippen molar-refractivity contribution in [3.05, 3.63) is 23.8 Å². The van der Waals surface area contributed by atoms with E-state index in [0.717, 1.165) is 5.56 Å². The monoisotopic (exact) mass is 263 g/mol. The van der Waals surface area contributed by atoms with E-state index >= 15 is 0 Å². The van der Waals surface area contributed by atoms with Gasteiger partial charge in [-0.1, -0.05) is 0 Å². The van der Waals surface area contributed by atoms with Crippen LogP contribution < -0.4 is 16.0 Å². The minimum Gasteiger partial charge on any atom is -0.480 e. The zero-order valence-electron chi connectivity index (χ0n) is 10.2. The van der Waals surface area contributed by atoms with E-state index in [1.807, 2.05) is 0 Å². The number of aliphatic carboxylic acids is 1. The van der Waals surface area contributed by atoms with Crippen LogP contribution in [0.25, 0.3) is 0 Å². The van der Waals surface area contributed by atoms with Gasteiger partial charge in [-0.3, -0.25) is 9.59 Å². The molecule has 1 aromatic rings. The van der Waals surface area contributed by atoms with Gasteiger partial charge >= 0.3 is 5.97 Å². The summed E-state index contributed by atoms with van der Waals surface area (Å²) in [6.07, 6.45) is 0.246. The number of carbonyl (C=O) groups excluding carboxylic acids is 2. The molecule has 0 aliphatic carbocycles. The highest BCUT2D eigenvalue weighted by Gasteiger charge is 2.26. The lowest BCUT2D eigenvalue weighted by Gasteiger charge is -2.20. The molecule has 1 atom stereocenters. The van der Waals surface area contributed by atoms with Crippen LogP contribution in [0.1, 0.15) is 5.56 Å². The van der Waals surface area contributed by atoms with Gasteiger partial charge in [0.25, 0.3) is 5.91 Å². The van der Waals surface area contributed by atoms with Gasteiger partial charge in [-0.05, 0) is 23.8 Å². The summed E-state index contributed by atoms with van der Waals surface area (Å²) >= 11 is 0. The quantitative estimate of drug-likeness (QED) is 0.640. The van der Waals surface area contributed by atoms with Gasteiger partial charge in [-0.2, -0.15) is 0 Å². The van der Waals surface area contributed by atoms with Crippen molar-refractivity contribution < 1.29 is 19.5 Å². The van der Waals surface area contributed by atoms with Crippen LogP contribution in [-0.4, -0.2) is 36.0 Å². The fourth-order valence-corrected chi connectivity index (χ4v) is 1.87. The molecular formula is C12H13N3O4. The number of benzene rings is 1. The zero-order chi connectivity index (χ0) is 14.2.